The lowest BCUT2D eigenvalue weighted by molar-refractivity contribution is -0.155. The Bertz CT molecular complexity index is 956. The second kappa shape index (κ2) is 8.64. The molecule has 1 aromatic carbocycles. The Kier molecular flexibility index (Phi) is 5.90. The van der Waals surface area contributed by atoms with Crippen molar-refractivity contribution in [3.8, 4) is 0 Å². The van der Waals surface area contributed by atoms with Crippen molar-refractivity contribution in [2.75, 3.05) is 49.1 Å². The minimum Gasteiger partial charge on any atom is -0.456 e. The number of anilines is 2. The quantitative estimate of drug-likeness (QED) is 0.632. The van der Waals surface area contributed by atoms with Crippen molar-refractivity contribution in [1.29, 1.82) is 0 Å². The molecule has 32 heavy (non-hydrogen) atoms. The fraction of sp³-hybridized carbons (Fsp3) is 0.524. The van der Waals surface area contributed by atoms with Gasteiger partial charge in [-0.1, -0.05) is 0 Å². The summed E-state index contributed by atoms with van der Waals surface area (Å²) < 4.78 is 25.0. The highest BCUT2D eigenvalue weighted by Gasteiger charge is 2.48. The Morgan fingerprint density at radius 2 is 1.97 bits per heavy atom. The van der Waals surface area contributed by atoms with Crippen LogP contribution in [0.4, 0.5) is 20.6 Å². The molecule has 1 aromatic rings. The molecule has 4 rings (SSSR count). The molecule has 3 amide bonds. The normalized spacial score (nSPS) is 24.0. The lowest BCUT2D eigenvalue weighted by atomic mass is 9.92. The smallest absolute Gasteiger partial charge is 0.414 e. The maximum absolute atomic E-state index is 15.0. The van der Waals surface area contributed by atoms with Gasteiger partial charge in [-0.25, -0.2) is 9.18 Å². The maximum Gasteiger partial charge on any atom is 0.414 e. The summed E-state index contributed by atoms with van der Waals surface area (Å²) in [5.74, 6) is -1.21. The summed E-state index contributed by atoms with van der Waals surface area (Å²) in [6.45, 7) is 4.41. The van der Waals surface area contributed by atoms with Crippen LogP contribution in [0, 0.1) is 11.7 Å². The molecule has 3 aliphatic rings. The van der Waals surface area contributed by atoms with Crippen molar-refractivity contribution in [2.24, 2.45) is 5.92 Å². The molecule has 0 aliphatic carbocycles. The number of likely N-dealkylation sites (tertiary alicyclic amines) is 1. The average molecular weight is 448 g/mol. The van der Waals surface area contributed by atoms with Crippen LogP contribution in [0.2, 0.25) is 0 Å². The van der Waals surface area contributed by atoms with E-state index in [0.717, 1.165) is 0 Å². The van der Waals surface area contributed by atoms with Gasteiger partial charge in [-0.2, -0.15) is 0 Å². The number of nitrogens with one attached hydrogen (secondary N) is 1. The topological polar surface area (TPSA) is 108 Å². The molecule has 1 N–H and O–H groups in total. The fourth-order valence-electron chi connectivity index (χ4n) is 4.38. The molecule has 0 radical (unpaired) electrons. The summed E-state index contributed by atoms with van der Waals surface area (Å²) in [6.07, 6.45) is -1.09. The number of nitrogens with zero attached hydrogens (tertiary/aromatic N) is 3. The number of fused-ring (bicyclic) bond motifs is 1. The Morgan fingerprint density at radius 1 is 1.19 bits per heavy atom. The number of cyclic esters (lactones) is 1. The highest BCUT2D eigenvalue weighted by Crippen LogP contribution is 2.37. The van der Waals surface area contributed by atoms with Crippen molar-refractivity contribution in [3.63, 3.8) is 0 Å². The molecule has 3 aliphatic heterocycles. The molecule has 0 bridgehead atoms. The number of ether oxygens (including phenoxy) is 2. The SMILES string of the molecule is CC(=O)NCC1CN(c2ccc(N3CC4CN(C(=O)COC(C)=O)C4C3)c(F)c2)C(=O)O1. The first-order chi connectivity index (χ1) is 15.2. The monoisotopic (exact) mass is 448 g/mol. The number of halogens is 1. The summed E-state index contributed by atoms with van der Waals surface area (Å²) in [7, 11) is 0. The van der Waals surface area contributed by atoms with Crippen LogP contribution in [-0.2, 0) is 23.9 Å². The minimum atomic E-state index is -0.589. The van der Waals surface area contributed by atoms with E-state index in [1.54, 1.807) is 17.0 Å². The van der Waals surface area contributed by atoms with Gasteiger partial charge >= 0.3 is 12.1 Å². The highest BCUT2D eigenvalue weighted by atomic mass is 19.1. The van der Waals surface area contributed by atoms with Crippen LogP contribution in [0.3, 0.4) is 0 Å². The summed E-state index contributed by atoms with van der Waals surface area (Å²) in [6, 6.07) is 4.53. The second-order valence-corrected chi connectivity index (χ2v) is 8.25. The fourth-order valence-corrected chi connectivity index (χ4v) is 4.38. The Morgan fingerprint density at radius 3 is 2.66 bits per heavy atom. The Hall–Kier alpha value is -3.37. The van der Waals surface area contributed by atoms with E-state index in [0.29, 0.717) is 31.0 Å². The predicted octanol–water partition coefficient (Wildman–Crippen LogP) is 0.497. The molecule has 3 unspecified atom stereocenters. The molecule has 10 nitrogen and oxygen atoms in total. The number of hydrogen-bond donors (Lipinski definition) is 1. The average Bonchev–Trinajstić information content (AvgIpc) is 3.25. The largest absolute Gasteiger partial charge is 0.456 e. The number of esters is 1. The van der Waals surface area contributed by atoms with E-state index in [1.165, 1.54) is 24.8 Å². The molecule has 3 atom stereocenters. The van der Waals surface area contributed by atoms with Gasteiger partial charge in [0, 0.05) is 39.4 Å². The Balaban J connectivity index is 1.37. The Labute approximate surface area is 184 Å². The van der Waals surface area contributed by atoms with Gasteiger partial charge in [-0.3, -0.25) is 19.3 Å². The van der Waals surface area contributed by atoms with Crippen molar-refractivity contribution in [3.05, 3.63) is 24.0 Å². The summed E-state index contributed by atoms with van der Waals surface area (Å²) in [5, 5.41) is 2.60. The van der Waals surface area contributed by atoms with Crippen molar-refractivity contribution >= 4 is 35.3 Å². The predicted molar refractivity (Wildman–Crippen MR) is 111 cm³/mol. The molecule has 3 saturated heterocycles. The van der Waals surface area contributed by atoms with Gasteiger partial charge in [-0.05, 0) is 18.2 Å². The van der Waals surface area contributed by atoms with E-state index in [4.69, 9.17) is 9.47 Å². The van der Waals surface area contributed by atoms with Gasteiger partial charge < -0.3 is 24.6 Å². The van der Waals surface area contributed by atoms with Gasteiger partial charge in [0.1, 0.15) is 11.9 Å². The van der Waals surface area contributed by atoms with Crippen LogP contribution in [0.25, 0.3) is 0 Å². The third-order valence-corrected chi connectivity index (χ3v) is 5.99. The maximum atomic E-state index is 15.0. The van der Waals surface area contributed by atoms with E-state index in [1.807, 2.05) is 4.90 Å². The molecule has 3 fully saturated rings. The van der Waals surface area contributed by atoms with Gasteiger partial charge in [0.25, 0.3) is 5.91 Å². The van der Waals surface area contributed by atoms with Crippen molar-refractivity contribution < 1.29 is 33.0 Å². The zero-order valence-corrected chi connectivity index (χ0v) is 17.9. The number of rotatable bonds is 6. The molecule has 172 valence electrons. The third kappa shape index (κ3) is 4.32. The molecular weight excluding hydrogens is 423 g/mol. The zero-order chi connectivity index (χ0) is 23.0. The van der Waals surface area contributed by atoms with E-state index >= 15 is 0 Å². The highest BCUT2D eigenvalue weighted by molar-refractivity contribution is 5.90. The molecule has 11 heteroatoms. The van der Waals surface area contributed by atoms with Gasteiger partial charge in [0.15, 0.2) is 6.61 Å². The lowest BCUT2D eigenvalue weighted by Crippen LogP contribution is -2.59. The van der Waals surface area contributed by atoms with Gasteiger partial charge in [0.05, 0.1) is 30.5 Å². The first kappa shape index (κ1) is 21.8. The minimum absolute atomic E-state index is 0.0415. The summed E-state index contributed by atoms with van der Waals surface area (Å²) in [4.78, 5) is 51.2. The van der Waals surface area contributed by atoms with Crippen molar-refractivity contribution in [2.45, 2.75) is 26.0 Å². The number of carbonyl (C=O) groups is 4. The van der Waals surface area contributed by atoms with Gasteiger partial charge in [-0.15, -0.1) is 0 Å². The standard InChI is InChI=1S/C21H25FN4O6/c1-12(27)23-6-16-9-25(21(30)32-16)15-3-4-18(17(22)5-15)24-7-14-8-26(19(14)10-24)20(29)11-31-13(2)28/h3-5,14,16,19H,6-11H2,1-2H3,(H,23,27). The zero-order valence-electron chi connectivity index (χ0n) is 17.9. The number of hydrogen-bond acceptors (Lipinski definition) is 7. The number of carbonyl (C=O) groups excluding carboxylic acids is 4. The van der Waals surface area contributed by atoms with Gasteiger partial charge in [0.2, 0.25) is 5.91 Å². The van der Waals surface area contributed by atoms with Crippen LogP contribution >= 0.6 is 0 Å². The molecular formula is C21H25FN4O6. The van der Waals surface area contributed by atoms with E-state index < -0.39 is 24.0 Å². The third-order valence-electron chi connectivity index (χ3n) is 5.99. The van der Waals surface area contributed by atoms with Crippen LogP contribution in [-0.4, -0.2) is 80.3 Å². The van der Waals surface area contributed by atoms with E-state index in [2.05, 4.69) is 5.32 Å². The number of amides is 3. The van der Waals surface area contributed by atoms with Crippen LogP contribution < -0.4 is 15.1 Å². The first-order valence-corrected chi connectivity index (χ1v) is 10.4. The number of benzene rings is 1. The molecule has 0 aromatic heterocycles. The molecule has 3 heterocycles. The van der Waals surface area contributed by atoms with Crippen molar-refractivity contribution in [1.82, 2.24) is 10.2 Å². The first-order valence-electron chi connectivity index (χ1n) is 10.4. The summed E-state index contributed by atoms with van der Waals surface area (Å²) in [5.41, 5.74) is 0.778. The summed E-state index contributed by atoms with van der Waals surface area (Å²) >= 11 is 0. The van der Waals surface area contributed by atoms with E-state index in [9.17, 15) is 23.6 Å². The molecule has 0 spiro atoms. The van der Waals surface area contributed by atoms with Crippen LogP contribution in [0.5, 0.6) is 0 Å². The molecule has 0 saturated carbocycles. The van der Waals surface area contributed by atoms with Crippen LogP contribution in [0.1, 0.15) is 13.8 Å². The lowest BCUT2D eigenvalue weighted by Gasteiger charge is -2.43. The van der Waals surface area contributed by atoms with E-state index in [-0.39, 0.29) is 43.5 Å². The second-order valence-electron chi connectivity index (χ2n) is 8.25. The van der Waals surface area contributed by atoms with Crippen LogP contribution in [0.15, 0.2) is 18.2 Å².